The summed E-state index contributed by atoms with van der Waals surface area (Å²) in [5, 5.41) is 2.94. The van der Waals surface area contributed by atoms with Crippen LogP contribution in [0.15, 0.2) is 36.4 Å². The summed E-state index contributed by atoms with van der Waals surface area (Å²) in [4.78, 5) is 16.8. The van der Waals surface area contributed by atoms with Crippen molar-refractivity contribution in [2.45, 2.75) is 19.5 Å². The van der Waals surface area contributed by atoms with Gasteiger partial charge in [0.05, 0.1) is 16.8 Å². The molecule has 1 fully saturated rings. The van der Waals surface area contributed by atoms with E-state index >= 15 is 0 Å². The van der Waals surface area contributed by atoms with E-state index in [0.29, 0.717) is 27.9 Å². The van der Waals surface area contributed by atoms with Gasteiger partial charge in [0, 0.05) is 5.56 Å². The number of nitrogens with one attached hydrogen (secondary N) is 1. The molecule has 1 heterocycles. The molecule has 1 N–H and O–H groups in total. The molecule has 0 spiro atoms. The van der Waals surface area contributed by atoms with Crippen LogP contribution in [0.5, 0.6) is 11.5 Å². The Morgan fingerprint density at radius 1 is 1.21 bits per heavy atom. The number of amides is 1. The second-order valence-electron chi connectivity index (χ2n) is 6.38. The van der Waals surface area contributed by atoms with Crippen molar-refractivity contribution in [3.05, 3.63) is 47.8 Å². The zero-order chi connectivity index (χ0) is 19.7. The lowest BCUT2D eigenvalue weighted by Gasteiger charge is -2.13. The Bertz CT molecular complexity index is 1020. The predicted octanol–water partition coefficient (Wildman–Crippen LogP) is 5.08. The molecule has 1 aliphatic rings. The Balaban J connectivity index is 1.53. The number of nitrogens with zero attached hydrogens (tertiary/aromatic N) is 1. The van der Waals surface area contributed by atoms with Crippen LogP contribution >= 0.6 is 11.3 Å². The number of alkyl halides is 2. The fraction of sp³-hybridized carbons (Fsp3) is 0.263. The molecule has 1 amide bonds. The van der Waals surface area contributed by atoms with E-state index < -0.39 is 12.5 Å². The standard InChI is InChI=1S/C19H15F3N2O3S/c20-12-4-5-13-16(8-12)28-19(23-13)24-17(25)11-3-6-14(27-18(21)22)15(7-11)26-9-10-1-2-10/h3-8,10,18H,1-2,9H2,(H,23,24,25). The van der Waals surface area contributed by atoms with E-state index in [1.165, 1.54) is 36.4 Å². The average molecular weight is 408 g/mol. The van der Waals surface area contributed by atoms with Gasteiger partial charge in [-0.3, -0.25) is 10.1 Å². The zero-order valence-corrected chi connectivity index (χ0v) is 15.3. The van der Waals surface area contributed by atoms with E-state index in [9.17, 15) is 18.0 Å². The van der Waals surface area contributed by atoms with Crippen molar-refractivity contribution in [3.63, 3.8) is 0 Å². The molecule has 4 rings (SSSR count). The quantitative estimate of drug-likeness (QED) is 0.592. The first-order valence-electron chi connectivity index (χ1n) is 8.57. The molecule has 0 saturated heterocycles. The molecule has 1 saturated carbocycles. The summed E-state index contributed by atoms with van der Waals surface area (Å²) in [6, 6.07) is 8.16. The minimum atomic E-state index is -2.99. The molecule has 0 bridgehead atoms. The topological polar surface area (TPSA) is 60.5 Å². The summed E-state index contributed by atoms with van der Waals surface area (Å²) in [6.07, 6.45) is 2.06. The molecule has 1 aliphatic carbocycles. The highest BCUT2D eigenvalue weighted by Gasteiger charge is 2.23. The van der Waals surface area contributed by atoms with Gasteiger partial charge in [0.1, 0.15) is 5.82 Å². The fourth-order valence-corrected chi connectivity index (χ4v) is 3.45. The van der Waals surface area contributed by atoms with Crippen molar-refractivity contribution >= 4 is 32.6 Å². The van der Waals surface area contributed by atoms with E-state index in [-0.39, 0.29) is 22.9 Å². The van der Waals surface area contributed by atoms with Crippen LogP contribution < -0.4 is 14.8 Å². The monoisotopic (exact) mass is 408 g/mol. The number of carbonyl (C=O) groups is 1. The number of halogens is 3. The number of carbonyl (C=O) groups excluding carboxylic acids is 1. The molecule has 3 aromatic rings. The van der Waals surface area contributed by atoms with E-state index in [0.717, 1.165) is 24.2 Å². The van der Waals surface area contributed by atoms with E-state index in [2.05, 4.69) is 15.0 Å². The van der Waals surface area contributed by atoms with Crippen LogP contribution in [-0.4, -0.2) is 24.1 Å². The minimum Gasteiger partial charge on any atom is -0.489 e. The van der Waals surface area contributed by atoms with Crippen molar-refractivity contribution in [1.82, 2.24) is 4.98 Å². The third-order valence-electron chi connectivity index (χ3n) is 4.16. The number of thiazole rings is 1. The Kier molecular flexibility index (Phi) is 5.08. The van der Waals surface area contributed by atoms with Gasteiger partial charge in [-0.1, -0.05) is 11.3 Å². The first-order valence-corrected chi connectivity index (χ1v) is 9.38. The summed E-state index contributed by atoms with van der Waals surface area (Å²) in [6.45, 7) is -2.61. The normalized spacial score (nSPS) is 13.7. The van der Waals surface area contributed by atoms with Crippen molar-refractivity contribution in [2.75, 3.05) is 11.9 Å². The maximum atomic E-state index is 13.3. The number of hydrogen-bond donors (Lipinski definition) is 1. The number of rotatable bonds is 7. The molecule has 0 radical (unpaired) electrons. The summed E-state index contributed by atoms with van der Waals surface area (Å²) >= 11 is 1.13. The summed E-state index contributed by atoms with van der Waals surface area (Å²) in [5.74, 6) is -0.505. The Hall–Kier alpha value is -2.81. The number of aromatic nitrogens is 1. The van der Waals surface area contributed by atoms with Crippen LogP contribution in [0, 0.1) is 11.7 Å². The Morgan fingerprint density at radius 2 is 2.04 bits per heavy atom. The van der Waals surface area contributed by atoms with Gasteiger partial charge in [0.15, 0.2) is 16.6 Å². The van der Waals surface area contributed by atoms with E-state index in [1.807, 2.05) is 0 Å². The van der Waals surface area contributed by atoms with Gasteiger partial charge in [-0.15, -0.1) is 0 Å². The van der Waals surface area contributed by atoms with Crippen molar-refractivity contribution in [3.8, 4) is 11.5 Å². The lowest BCUT2D eigenvalue weighted by Crippen LogP contribution is -2.13. The lowest BCUT2D eigenvalue weighted by molar-refractivity contribution is -0.0515. The average Bonchev–Trinajstić information content (AvgIpc) is 3.39. The van der Waals surface area contributed by atoms with Crippen molar-refractivity contribution in [1.29, 1.82) is 0 Å². The van der Waals surface area contributed by atoms with Crippen LogP contribution in [0.3, 0.4) is 0 Å². The van der Waals surface area contributed by atoms with Crippen LogP contribution in [0.1, 0.15) is 23.2 Å². The van der Waals surface area contributed by atoms with E-state index in [4.69, 9.17) is 4.74 Å². The van der Waals surface area contributed by atoms with Gasteiger partial charge < -0.3 is 9.47 Å². The van der Waals surface area contributed by atoms with Crippen LogP contribution in [0.4, 0.5) is 18.3 Å². The van der Waals surface area contributed by atoms with Crippen molar-refractivity contribution < 1.29 is 27.4 Å². The highest BCUT2D eigenvalue weighted by atomic mass is 32.1. The molecular weight excluding hydrogens is 393 g/mol. The third-order valence-corrected chi connectivity index (χ3v) is 5.10. The van der Waals surface area contributed by atoms with Gasteiger partial charge in [-0.25, -0.2) is 9.37 Å². The predicted molar refractivity (Wildman–Crippen MR) is 98.8 cm³/mol. The second-order valence-corrected chi connectivity index (χ2v) is 7.41. The smallest absolute Gasteiger partial charge is 0.387 e. The zero-order valence-electron chi connectivity index (χ0n) is 14.5. The van der Waals surface area contributed by atoms with Gasteiger partial charge in [0.25, 0.3) is 5.91 Å². The SMILES string of the molecule is O=C(Nc1nc2ccc(F)cc2s1)c1ccc(OC(F)F)c(OCC2CC2)c1. The van der Waals surface area contributed by atoms with E-state index in [1.54, 1.807) is 0 Å². The molecule has 2 aromatic carbocycles. The summed E-state index contributed by atoms with van der Waals surface area (Å²) in [7, 11) is 0. The molecule has 9 heteroatoms. The third kappa shape index (κ3) is 4.36. The molecule has 0 aliphatic heterocycles. The van der Waals surface area contributed by atoms with Crippen molar-refractivity contribution in [2.24, 2.45) is 5.92 Å². The van der Waals surface area contributed by atoms with Crippen LogP contribution in [0.2, 0.25) is 0 Å². The number of fused-ring (bicyclic) bond motifs is 1. The van der Waals surface area contributed by atoms with Crippen LogP contribution in [0.25, 0.3) is 10.2 Å². The molecule has 0 atom stereocenters. The van der Waals surface area contributed by atoms with Gasteiger partial charge in [-0.05, 0) is 55.2 Å². The van der Waals surface area contributed by atoms with Gasteiger partial charge in [0.2, 0.25) is 0 Å². The first kappa shape index (κ1) is 18.5. The first-order chi connectivity index (χ1) is 13.5. The molecular formula is C19H15F3N2O3S. The highest BCUT2D eigenvalue weighted by Crippen LogP contribution is 2.34. The number of ether oxygens (including phenoxy) is 2. The number of benzene rings is 2. The number of anilines is 1. The Morgan fingerprint density at radius 3 is 2.79 bits per heavy atom. The fourth-order valence-electron chi connectivity index (χ4n) is 2.57. The Labute approximate surface area is 162 Å². The molecule has 5 nitrogen and oxygen atoms in total. The minimum absolute atomic E-state index is 0.0891. The molecule has 146 valence electrons. The second kappa shape index (κ2) is 7.67. The molecule has 0 unspecified atom stereocenters. The molecule has 28 heavy (non-hydrogen) atoms. The largest absolute Gasteiger partial charge is 0.489 e. The summed E-state index contributed by atoms with van der Waals surface area (Å²) < 4.78 is 49.1. The summed E-state index contributed by atoms with van der Waals surface area (Å²) in [5.41, 5.74) is 0.772. The van der Waals surface area contributed by atoms with Gasteiger partial charge in [-0.2, -0.15) is 8.78 Å². The highest BCUT2D eigenvalue weighted by molar-refractivity contribution is 7.22. The van der Waals surface area contributed by atoms with Gasteiger partial charge >= 0.3 is 6.61 Å². The number of hydrogen-bond acceptors (Lipinski definition) is 5. The van der Waals surface area contributed by atoms with Crippen LogP contribution in [-0.2, 0) is 0 Å². The molecule has 1 aromatic heterocycles. The maximum Gasteiger partial charge on any atom is 0.387 e. The lowest BCUT2D eigenvalue weighted by atomic mass is 10.2. The maximum absolute atomic E-state index is 13.3.